The molecule has 0 spiro atoms. The molecule has 3 nitrogen and oxygen atoms in total. The van der Waals surface area contributed by atoms with Crippen molar-refractivity contribution < 1.29 is 0 Å². The Morgan fingerprint density at radius 2 is 1.64 bits per heavy atom. The average molecular weight is 366 g/mol. The molecule has 0 fully saturated rings. The summed E-state index contributed by atoms with van der Waals surface area (Å²) in [6.45, 7) is 0. The van der Waals surface area contributed by atoms with E-state index in [1.807, 2.05) is 53.5 Å². The summed E-state index contributed by atoms with van der Waals surface area (Å²) in [6, 6.07) is 15.7. The number of aromatic nitrogens is 3. The zero-order valence-corrected chi connectivity index (χ0v) is 14.6. The van der Waals surface area contributed by atoms with E-state index in [1.165, 1.54) is 0 Å². The molecule has 25 heavy (non-hydrogen) atoms. The van der Waals surface area contributed by atoms with E-state index in [2.05, 4.69) is 28.3 Å². The second-order valence-electron chi connectivity index (χ2n) is 5.55. The van der Waals surface area contributed by atoms with Gasteiger partial charge in [-0.3, -0.25) is 4.98 Å². The number of hydrogen-bond donors (Lipinski definition) is 0. The van der Waals surface area contributed by atoms with E-state index in [9.17, 15) is 0 Å². The summed E-state index contributed by atoms with van der Waals surface area (Å²) in [7, 11) is 0. The molecule has 0 bridgehead atoms. The van der Waals surface area contributed by atoms with Crippen molar-refractivity contribution in [2.24, 2.45) is 0 Å². The highest BCUT2D eigenvalue weighted by molar-refractivity contribution is 6.37. The van der Waals surface area contributed by atoms with Crippen molar-refractivity contribution in [2.75, 3.05) is 0 Å². The normalized spacial score (nSPS) is 11.4. The fourth-order valence-corrected chi connectivity index (χ4v) is 3.22. The number of pyridine rings is 1. The van der Waals surface area contributed by atoms with Crippen molar-refractivity contribution in [3.8, 4) is 11.1 Å². The van der Waals surface area contributed by atoms with Gasteiger partial charge in [0.25, 0.3) is 0 Å². The molecular formula is C20H13Cl2N3. The molecule has 0 aliphatic heterocycles. The van der Waals surface area contributed by atoms with Gasteiger partial charge in [0.15, 0.2) is 0 Å². The predicted octanol–water partition coefficient (Wildman–Crippen LogP) is 6.03. The maximum atomic E-state index is 6.22. The number of halogens is 2. The molecule has 0 saturated carbocycles. The third-order valence-corrected chi connectivity index (χ3v) is 4.65. The molecule has 5 heteroatoms. The maximum Gasteiger partial charge on any atom is 0.0740 e. The van der Waals surface area contributed by atoms with Gasteiger partial charge < -0.3 is 0 Å². The summed E-state index contributed by atoms with van der Waals surface area (Å²) in [4.78, 5) is 4.07. The van der Waals surface area contributed by atoms with Crippen LogP contribution in [0.3, 0.4) is 0 Å². The van der Waals surface area contributed by atoms with Gasteiger partial charge in [0.1, 0.15) is 0 Å². The highest BCUT2D eigenvalue weighted by Crippen LogP contribution is 2.27. The molecule has 2 heterocycles. The minimum absolute atomic E-state index is 0.609. The molecular weight excluding hydrogens is 353 g/mol. The Labute approximate surface area is 155 Å². The lowest BCUT2D eigenvalue weighted by atomic mass is 10.1. The maximum absolute atomic E-state index is 6.22. The Bertz CT molecular complexity index is 1050. The fourth-order valence-electron chi connectivity index (χ4n) is 2.70. The van der Waals surface area contributed by atoms with Crippen LogP contribution in [-0.2, 0) is 0 Å². The quantitative estimate of drug-likeness (QED) is 0.443. The van der Waals surface area contributed by atoms with E-state index in [1.54, 1.807) is 12.4 Å². The van der Waals surface area contributed by atoms with Crippen molar-refractivity contribution in [1.82, 2.24) is 14.8 Å². The molecule has 0 amide bonds. The molecule has 4 aromatic rings. The first kappa shape index (κ1) is 15.9. The van der Waals surface area contributed by atoms with Gasteiger partial charge in [-0.2, -0.15) is 5.10 Å². The van der Waals surface area contributed by atoms with Gasteiger partial charge in [-0.05, 0) is 47.5 Å². The highest BCUT2D eigenvalue weighted by atomic mass is 35.5. The van der Waals surface area contributed by atoms with E-state index in [-0.39, 0.29) is 0 Å². The largest absolute Gasteiger partial charge is 0.265 e. The molecule has 0 unspecified atom stereocenters. The van der Waals surface area contributed by atoms with Crippen LogP contribution in [0.4, 0.5) is 0 Å². The molecule has 2 aromatic carbocycles. The Hall–Kier alpha value is -2.62. The van der Waals surface area contributed by atoms with E-state index in [0.29, 0.717) is 10.0 Å². The van der Waals surface area contributed by atoms with Crippen LogP contribution in [0.2, 0.25) is 10.0 Å². The minimum atomic E-state index is 0.609. The molecule has 0 atom stereocenters. The van der Waals surface area contributed by atoms with Crippen LogP contribution >= 0.6 is 23.2 Å². The molecule has 0 saturated heterocycles. The average Bonchev–Trinajstić information content (AvgIpc) is 3.04. The molecule has 0 aliphatic carbocycles. The molecule has 2 aromatic heterocycles. The number of nitrogens with zero attached hydrogens (tertiary/aromatic N) is 3. The smallest absolute Gasteiger partial charge is 0.0740 e. The zero-order valence-electron chi connectivity index (χ0n) is 13.1. The SMILES string of the molecule is Clc1cccc(Cl)c1C=Cn1ncc2ccc(-c3ccncc3)cc21. The number of benzene rings is 2. The lowest BCUT2D eigenvalue weighted by Gasteiger charge is -2.04. The summed E-state index contributed by atoms with van der Waals surface area (Å²) in [6.07, 6.45) is 9.15. The van der Waals surface area contributed by atoms with E-state index in [0.717, 1.165) is 27.6 Å². The van der Waals surface area contributed by atoms with Crippen molar-refractivity contribution in [2.45, 2.75) is 0 Å². The van der Waals surface area contributed by atoms with Gasteiger partial charge in [-0.25, -0.2) is 4.68 Å². The van der Waals surface area contributed by atoms with Crippen molar-refractivity contribution >= 4 is 46.4 Å². The summed E-state index contributed by atoms with van der Waals surface area (Å²) in [5.74, 6) is 0. The lowest BCUT2D eigenvalue weighted by Crippen LogP contribution is -1.89. The molecule has 4 rings (SSSR count). The van der Waals surface area contributed by atoms with Crippen molar-refractivity contribution in [1.29, 1.82) is 0 Å². The van der Waals surface area contributed by atoms with Crippen LogP contribution in [0.5, 0.6) is 0 Å². The standard InChI is InChI=1S/C20H13Cl2N3/c21-18-2-1-3-19(22)17(18)8-11-25-20-12-15(4-5-16(20)13-24-25)14-6-9-23-10-7-14/h1-13H. The first-order chi connectivity index (χ1) is 12.2. The van der Waals surface area contributed by atoms with Crippen LogP contribution in [0, 0.1) is 0 Å². The Morgan fingerprint density at radius 1 is 0.880 bits per heavy atom. The van der Waals surface area contributed by atoms with Gasteiger partial charge in [0.05, 0.1) is 11.7 Å². The molecule has 122 valence electrons. The summed E-state index contributed by atoms with van der Waals surface area (Å²) in [5.41, 5.74) is 4.01. The number of rotatable bonds is 3. The molecule has 0 radical (unpaired) electrons. The monoisotopic (exact) mass is 365 g/mol. The molecule has 0 aliphatic rings. The van der Waals surface area contributed by atoms with Crippen LogP contribution in [0.1, 0.15) is 5.56 Å². The topological polar surface area (TPSA) is 30.7 Å². The first-order valence-corrected chi connectivity index (χ1v) is 8.48. The second-order valence-corrected chi connectivity index (χ2v) is 6.36. The summed E-state index contributed by atoms with van der Waals surface area (Å²) >= 11 is 12.4. The fraction of sp³-hybridized carbons (Fsp3) is 0. The van der Waals surface area contributed by atoms with E-state index < -0.39 is 0 Å². The minimum Gasteiger partial charge on any atom is -0.265 e. The van der Waals surface area contributed by atoms with Gasteiger partial charge >= 0.3 is 0 Å². The summed E-state index contributed by atoms with van der Waals surface area (Å²) < 4.78 is 1.82. The van der Waals surface area contributed by atoms with Crippen molar-refractivity contribution in [3.05, 3.63) is 82.7 Å². The second kappa shape index (κ2) is 6.71. The van der Waals surface area contributed by atoms with Gasteiger partial charge in [0.2, 0.25) is 0 Å². The van der Waals surface area contributed by atoms with Crippen molar-refractivity contribution in [3.63, 3.8) is 0 Å². The zero-order chi connectivity index (χ0) is 17.2. The third kappa shape index (κ3) is 3.16. The lowest BCUT2D eigenvalue weighted by molar-refractivity contribution is 0.969. The van der Waals surface area contributed by atoms with E-state index >= 15 is 0 Å². The Balaban J connectivity index is 1.77. The van der Waals surface area contributed by atoms with E-state index in [4.69, 9.17) is 23.2 Å². The number of hydrogen-bond acceptors (Lipinski definition) is 2. The number of fused-ring (bicyclic) bond motifs is 1. The van der Waals surface area contributed by atoms with Crippen LogP contribution in [0.25, 0.3) is 34.3 Å². The summed E-state index contributed by atoms with van der Waals surface area (Å²) in [5, 5.41) is 6.72. The Kier molecular flexibility index (Phi) is 4.26. The first-order valence-electron chi connectivity index (χ1n) is 7.72. The molecule has 0 N–H and O–H groups in total. The highest BCUT2D eigenvalue weighted by Gasteiger charge is 2.05. The van der Waals surface area contributed by atoms with Crippen LogP contribution in [0.15, 0.2) is 67.1 Å². The van der Waals surface area contributed by atoms with Gasteiger partial charge in [0, 0.05) is 39.6 Å². The van der Waals surface area contributed by atoms with Crippen LogP contribution in [-0.4, -0.2) is 14.8 Å². The van der Waals surface area contributed by atoms with Gasteiger partial charge in [-0.15, -0.1) is 0 Å². The van der Waals surface area contributed by atoms with Gasteiger partial charge in [-0.1, -0.05) is 41.4 Å². The van der Waals surface area contributed by atoms with Crippen LogP contribution < -0.4 is 0 Å². The third-order valence-electron chi connectivity index (χ3n) is 3.99. The Morgan fingerprint density at radius 3 is 2.40 bits per heavy atom. The predicted molar refractivity (Wildman–Crippen MR) is 105 cm³/mol.